The number of aromatic nitrogens is 1. The van der Waals surface area contributed by atoms with Gasteiger partial charge in [0, 0.05) is 23.5 Å². The van der Waals surface area contributed by atoms with Crippen molar-refractivity contribution in [1.82, 2.24) is 4.98 Å². The van der Waals surface area contributed by atoms with Crippen LogP contribution in [0.2, 0.25) is 0 Å². The maximum absolute atomic E-state index is 12.7. The highest BCUT2D eigenvalue weighted by Crippen LogP contribution is 2.29. The van der Waals surface area contributed by atoms with Crippen LogP contribution in [0.4, 0.5) is 17.2 Å². The van der Waals surface area contributed by atoms with Crippen LogP contribution in [-0.4, -0.2) is 31.7 Å². The third kappa shape index (κ3) is 5.16. The Morgan fingerprint density at radius 1 is 0.966 bits per heavy atom. The van der Waals surface area contributed by atoms with Crippen molar-refractivity contribution in [2.75, 3.05) is 31.5 Å². The monoisotopic (exact) mass is 393 g/mol. The van der Waals surface area contributed by atoms with Gasteiger partial charge < -0.3 is 24.8 Å². The molecule has 0 spiro atoms. The van der Waals surface area contributed by atoms with Gasteiger partial charge in [0.2, 0.25) is 0 Å². The Kier molecular flexibility index (Phi) is 6.52. The fraction of sp³-hybridized carbons (Fsp3) is 0.182. The summed E-state index contributed by atoms with van der Waals surface area (Å²) in [7, 11) is 3.11. The average molecular weight is 393 g/mol. The van der Waals surface area contributed by atoms with Gasteiger partial charge in [0.15, 0.2) is 0 Å². The third-order valence-corrected chi connectivity index (χ3v) is 4.11. The summed E-state index contributed by atoms with van der Waals surface area (Å²) in [5.41, 5.74) is 1.82. The lowest BCUT2D eigenvalue weighted by atomic mass is 10.2. The smallest absolute Gasteiger partial charge is 0.255 e. The van der Waals surface area contributed by atoms with Crippen LogP contribution in [0.3, 0.4) is 0 Å². The van der Waals surface area contributed by atoms with E-state index in [-0.39, 0.29) is 5.91 Å². The highest BCUT2D eigenvalue weighted by molar-refractivity contribution is 6.05. The SMILES string of the molecule is CCOc1ccc(Nc2cc(C(=O)Nc3cc(OC)ccc3OC)ccn2)cc1. The number of hydrogen-bond donors (Lipinski definition) is 2. The van der Waals surface area contributed by atoms with Gasteiger partial charge >= 0.3 is 0 Å². The molecule has 0 aliphatic rings. The minimum absolute atomic E-state index is 0.284. The molecule has 0 fully saturated rings. The molecular weight excluding hydrogens is 370 g/mol. The maximum atomic E-state index is 12.7. The van der Waals surface area contributed by atoms with Crippen LogP contribution in [0, 0.1) is 0 Å². The molecule has 0 bridgehead atoms. The van der Waals surface area contributed by atoms with E-state index < -0.39 is 0 Å². The van der Waals surface area contributed by atoms with Crippen LogP contribution >= 0.6 is 0 Å². The molecule has 150 valence electrons. The van der Waals surface area contributed by atoms with Gasteiger partial charge in [-0.2, -0.15) is 0 Å². The number of pyridine rings is 1. The second-order valence-electron chi connectivity index (χ2n) is 6.03. The number of carbonyl (C=O) groups excluding carboxylic acids is 1. The number of benzene rings is 2. The van der Waals surface area contributed by atoms with E-state index in [1.807, 2.05) is 31.2 Å². The first kappa shape index (κ1) is 20.0. The Balaban J connectivity index is 1.74. The summed E-state index contributed by atoms with van der Waals surface area (Å²) in [5.74, 6) is 2.23. The number of rotatable bonds is 8. The molecule has 1 aromatic heterocycles. The molecule has 0 saturated carbocycles. The molecule has 0 unspecified atom stereocenters. The van der Waals surface area contributed by atoms with Crippen LogP contribution in [0.5, 0.6) is 17.2 Å². The minimum Gasteiger partial charge on any atom is -0.497 e. The second-order valence-corrected chi connectivity index (χ2v) is 6.03. The molecule has 7 heteroatoms. The predicted octanol–water partition coefficient (Wildman–Crippen LogP) is 4.49. The topological polar surface area (TPSA) is 81.7 Å². The summed E-state index contributed by atoms with van der Waals surface area (Å²) in [6, 6.07) is 16.1. The number of methoxy groups -OCH3 is 2. The molecule has 1 heterocycles. The molecule has 7 nitrogen and oxygen atoms in total. The first-order chi connectivity index (χ1) is 14.1. The van der Waals surface area contributed by atoms with Crippen molar-refractivity contribution in [3.63, 3.8) is 0 Å². The zero-order chi connectivity index (χ0) is 20.6. The van der Waals surface area contributed by atoms with Crippen LogP contribution in [0.15, 0.2) is 60.8 Å². The number of nitrogens with zero attached hydrogens (tertiary/aromatic N) is 1. The Morgan fingerprint density at radius 2 is 1.72 bits per heavy atom. The van der Waals surface area contributed by atoms with Gasteiger partial charge in [-0.25, -0.2) is 4.98 Å². The van der Waals surface area contributed by atoms with E-state index in [9.17, 15) is 4.79 Å². The molecular formula is C22H23N3O4. The fourth-order valence-corrected chi connectivity index (χ4v) is 2.70. The molecule has 2 aromatic carbocycles. The van der Waals surface area contributed by atoms with Crippen molar-refractivity contribution in [3.05, 3.63) is 66.4 Å². The van der Waals surface area contributed by atoms with Crippen molar-refractivity contribution in [1.29, 1.82) is 0 Å². The second kappa shape index (κ2) is 9.45. The molecule has 0 aliphatic carbocycles. The van der Waals surface area contributed by atoms with Crippen molar-refractivity contribution < 1.29 is 19.0 Å². The van der Waals surface area contributed by atoms with Gasteiger partial charge in [0.25, 0.3) is 5.91 Å². The quantitative estimate of drug-likeness (QED) is 0.587. The Bertz CT molecular complexity index is 974. The Morgan fingerprint density at radius 3 is 2.41 bits per heavy atom. The number of anilines is 3. The van der Waals surface area contributed by atoms with Crippen molar-refractivity contribution in [2.24, 2.45) is 0 Å². The molecule has 0 radical (unpaired) electrons. The van der Waals surface area contributed by atoms with E-state index in [2.05, 4.69) is 15.6 Å². The molecule has 29 heavy (non-hydrogen) atoms. The summed E-state index contributed by atoms with van der Waals surface area (Å²) in [6.45, 7) is 2.55. The average Bonchev–Trinajstić information content (AvgIpc) is 2.75. The van der Waals surface area contributed by atoms with Gasteiger partial charge in [0.05, 0.1) is 26.5 Å². The summed E-state index contributed by atoms with van der Waals surface area (Å²) in [6.07, 6.45) is 1.58. The molecule has 1 amide bonds. The molecule has 3 aromatic rings. The van der Waals surface area contributed by atoms with Gasteiger partial charge in [-0.15, -0.1) is 0 Å². The summed E-state index contributed by atoms with van der Waals surface area (Å²) < 4.78 is 16.0. The number of nitrogens with one attached hydrogen (secondary N) is 2. The highest BCUT2D eigenvalue weighted by Gasteiger charge is 2.12. The van der Waals surface area contributed by atoms with Crippen LogP contribution in [0.1, 0.15) is 17.3 Å². The van der Waals surface area contributed by atoms with Gasteiger partial charge in [-0.3, -0.25) is 4.79 Å². The van der Waals surface area contributed by atoms with Gasteiger partial charge in [-0.05, 0) is 55.5 Å². The number of carbonyl (C=O) groups is 1. The highest BCUT2D eigenvalue weighted by atomic mass is 16.5. The molecule has 0 atom stereocenters. The fourth-order valence-electron chi connectivity index (χ4n) is 2.70. The molecule has 0 saturated heterocycles. The van der Waals surface area contributed by atoms with Crippen molar-refractivity contribution in [3.8, 4) is 17.2 Å². The number of ether oxygens (including phenoxy) is 3. The summed E-state index contributed by atoms with van der Waals surface area (Å²) >= 11 is 0. The minimum atomic E-state index is -0.284. The van der Waals surface area contributed by atoms with Crippen LogP contribution in [0.25, 0.3) is 0 Å². The summed E-state index contributed by atoms with van der Waals surface area (Å²) in [4.78, 5) is 17.0. The van der Waals surface area contributed by atoms with E-state index in [1.54, 1.807) is 50.7 Å². The maximum Gasteiger partial charge on any atom is 0.255 e. The van der Waals surface area contributed by atoms with Crippen LogP contribution in [-0.2, 0) is 0 Å². The van der Waals surface area contributed by atoms with Crippen LogP contribution < -0.4 is 24.8 Å². The molecule has 0 aliphatic heterocycles. The number of hydrogen-bond acceptors (Lipinski definition) is 6. The third-order valence-electron chi connectivity index (χ3n) is 4.11. The first-order valence-corrected chi connectivity index (χ1v) is 9.12. The normalized spacial score (nSPS) is 10.2. The standard InChI is InChI=1S/C22H23N3O4/c1-4-29-17-7-5-16(6-8-17)24-21-13-15(11-12-23-21)22(26)25-19-14-18(27-2)9-10-20(19)28-3/h5-14H,4H2,1-3H3,(H,23,24)(H,25,26). The molecule has 2 N–H and O–H groups in total. The molecule has 3 rings (SSSR count). The lowest BCUT2D eigenvalue weighted by molar-refractivity contribution is 0.102. The van der Waals surface area contributed by atoms with E-state index in [1.165, 1.54) is 0 Å². The lowest BCUT2D eigenvalue weighted by Crippen LogP contribution is -2.13. The van der Waals surface area contributed by atoms with E-state index in [0.717, 1.165) is 11.4 Å². The zero-order valence-corrected chi connectivity index (χ0v) is 16.6. The van der Waals surface area contributed by atoms with Gasteiger partial charge in [-0.1, -0.05) is 0 Å². The van der Waals surface area contributed by atoms with Crippen molar-refractivity contribution in [2.45, 2.75) is 6.92 Å². The van der Waals surface area contributed by atoms with Gasteiger partial charge in [0.1, 0.15) is 23.1 Å². The zero-order valence-electron chi connectivity index (χ0n) is 16.6. The predicted molar refractivity (Wildman–Crippen MR) is 113 cm³/mol. The van der Waals surface area contributed by atoms with E-state index >= 15 is 0 Å². The van der Waals surface area contributed by atoms with E-state index in [0.29, 0.717) is 35.2 Å². The number of amides is 1. The van der Waals surface area contributed by atoms with E-state index in [4.69, 9.17) is 14.2 Å². The lowest BCUT2D eigenvalue weighted by Gasteiger charge is -2.12. The largest absolute Gasteiger partial charge is 0.497 e. The first-order valence-electron chi connectivity index (χ1n) is 9.12. The summed E-state index contributed by atoms with van der Waals surface area (Å²) in [5, 5.41) is 6.03. The Labute approximate surface area is 169 Å². The Hall–Kier alpha value is -3.74. The van der Waals surface area contributed by atoms with Crippen molar-refractivity contribution >= 4 is 23.1 Å².